The van der Waals surface area contributed by atoms with E-state index in [9.17, 15) is 14.4 Å². The van der Waals surface area contributed by atoms with Crippen molar-refractivity contribution in [3.8, 4) is 0 Å². The third-order valence-electron chi connectivity index (χ3n) is 3.75. The number of carbonyl (C=O) groups excluding carboxylic acids is 3. The summed E-state index contributed by atoms with van der Waals surface area (Å²) in [5.41, 5.74) is 5.09. The van der Waals surface area contributed by atoms with Crippen molar-refractivity contribution >= 4 is 52.0 Å². The van der Waals surface area contributed by atoms with Gasteiger partial charge >= 0.3 is 5.97 Å². The first-order chi connectivity index (χ1) is 12.3. The average molecular weight is 399 g/mol. The molecule has 3 N–H and O–H groups in total. The number of primary amides is 1. The van der Waals surface area contributed by atoms with Crippen LogP contribution < -0.4 is 11.1 Å². The highest BCUT2D eigenvalue weighted by Crippen LogP contribution is 2.28. The van der Waals surface area contributed by atoms with E-state index in [1.165, 1.54) is 18.7 Å². The molecule has 0 bridgehead atoms. The fourth-order valence-electron chi connectivity index (χ4n) is 2.60. The fraction of sp³-hybridized carbons (Fsp3) is 0.500. The molecule has 1 fully saturated rings. The van der Waals surface area contributed by atoms with Crippen molar-refractivity contribution < 1.29 is 23.5 Å². The maximum absolute atomic E-state index is 12.2. The number of hydrogen-bond donors (Lipinski definition) is 2. The molecule has 8 nitrogen and oxygen atoms in total. The van der Waals surface area contributed by atoms with Gasteiger partial charge in [0.25, 0.3) is 5.91 Å². The Morgan fingerprint density at radius 2 is 1.96 bits per heavy atom. The summed E-state index contributed by atoms with van der Waals surface area (Å²) in [5, 5.41) is 2.48. The smallest absolute Gasteiger partial charge is 0.342 e. The number of nitrogens with two attached hydrogens (primary N) is 1. The minimum Gasteiger partial charge on any atom is -0.462 e. The van der Waals surface area contributed by atoms with Crippen molar-refractivity contribution in [3.63, 3.8) is 0 Å². The lowest BCUT2D eigenvalue weighted by Gasteiger charge is -2.17. The summed E-state index contributed by atoms with van der Waals surface area (Å²) in [6.07, 6.45) is 2.19. The molecule has 26 heavy (non-hydrogen) atoms. The number of anilines is 1. The van der Waals surface area contributed by atoms with Gasteiger partial charge in [-0.3, -0.25) is 14.9 Å². The van der Waals surface area contributed by atoms with E-state index in [0.29, 0.717) is 4.32 Å². The molecule has 1 aliphatic heterocycles. The van der Waals surface area contributed by atoms with E-state index in [1.807, 2.05) is 0 Å². The summed E-state index contributed by atoms with van der Waals surface area (Å²) in [6, 6.07) is 0. The topological polar surface area (TPSA) is 115 Å². The average Bonchev–Trinajstić information content (AvgIpc) is 3.20. The lowest BCUT2D eigenvalue weighted by atomic mass is 10.1. The predicted molar refractivity (Wildman–Crippen MR) is 102 cm³/mol. The zero-order chi connectivity index (χ0) is 19.3. The van der Waals surface area contributed by atoms with Crippen LogP contribution in [-0.4, -0.2) is 52.5 Å². The van der Waals surface area contributed by atoms with Gasteiger partial charge in [-0.15, -0.1) is 0 Å². The molecule has 142 valence electrons. The van der Waals surface area contributed by atoms with Crippen LogP contribution in [0.1, 0.15) is 46.2 Å². The molecule has 0 aromatic carbocycles. The number of thiocarbonyl (C=S) groups is 1. The first kappa shape index (κ1) is 20.2. The van der Waals surface area contributed by atoms with Crippen LogP contribution in [0.2, 0.25) is 0 Å². The number of ether oxygens (including phenoxy) is 1. The van der Waals surface area contributed by atoms with E-state index >= 15 is 0 Å². The number of esters is 1. The zero-order valence-corrected chi connectivity index (χ0v) is 16.3. The third kappa shape index (κ3) is 4.76. The molecule has 0 aliphatic carbocycles. The summed E-state index contributed by atoms with van der Waals surface area (Å²) in [5.74, 6) is -1.98. The van der Waals surface area contributed by atoms with Gasteiger partial charge < -0.3 is 19.8 Å². The Balaban J connectivity index is 2.07. The molecule has 0 unspecified atom stereocenters. The SMILES string of the molecule is CCOC(=O)c1c(C)oc(NC(=O)CSC(=S)N2CCCC2)c1C(N)=O. The molecule has 1 saturated heterocycles. The van der Waals surface area contributed by atoms with E-state index in [2.05, 4.69) is 10.2 Å². The fourth-order valence-corrected chi connectivity index (χ4v) is 3.65. The Kier molecular flexibility index (Phi) is 7.04. The van der Waals surface area contributed by atoms with Crippen LogP contribution in [0.4, 0.5) is 5.88 Å². The normalized spacial score (nSPS) is 13.5. The Morgan fingerprint density at radius 3 is 2.54 bits per heavy atom. The molecule has 0 atom stereocenters. The van der Waals surface area contributed by atoms with Crippen LogP contribution in [0, 0.1) is 6.92 Å². The lowest BCUT2D eigenvalue weighted by Crippen LogP contribution is -2.26. The number of thioether (sulfide) groups is 1. The quantitative estimate of drug-likeness (QED) is 0.551. The number of carbonyl (C=O) groups is 3. The van der Waals surface area contributed by atoms with Crippen LogP contribution in [0.25, 0.3) is 0 Å². The summed E-state index contributed by atoms with van der Waals surface area (Å²) in [6.45, 7) is 5.07. The number of rotatable bonds is 6. The predicted octanol–water partition coefficient (Wildman–Crippen LogP) is 1.92. The summed E-state index contributed by atoms with van der Waals surface area (Å²) in [4.78, 5) is 38.0. The Bertz CT molecular complexity index is 726. The largest absolute Gasteiger partial charge is 0.462 e. The molecule has 0 spiro atoms. The van der Waals surface area contributed by atoms with Crippen LogP contribution in [0.5, 0.6) is 0 Å². The minimum absolute atomic E-state index is 0.0576. The van der Waals surface area contributed by atoms with Gasteiger partial charge in [-0.1, -0.05) is 24.0 Å². The van der Waals surface area contributed by atoms with Crippen molar-refractivity contribution in [2.75, 3.05) is 30.8 Å². The van der Waals surface area contributed by atoms with Crippen molar-refractivity contribution in [1.82, 2.24) is 4.90 Å². The number of nitrogens with one attached hydrogen (secondary N) is 1. The second-order valence-electron chi connectivity index (χ2n) is 5.62. The van der Waals surface area contributed by atoms with Gasteiger partial charge in [0.1, 0.15) is 21.2 Å². The number of hydrogen-bond acceptors (Lipinski definition) is 7. The van der Waals surface area contributed by atoms with Gasteiger partial charge in [0.2, 0.25) is 11.8 Å². The molecule has 10 heteroatoms. The number of furan rings is 1. The summed E-state index contributed by atoms with van der Waals surface area (Å²) < 4.78 is 10.9. The summed E-state index contributed by atoms with van der Waals surface area (Å²) in [7, 11) is 0. The zero-order valence-electron chi connectivity index (χ0n) is 14.6. The van der Waals surface area contributed by atoms with Gasteiger partial charge in [0.15, 0.2) is 0 Å². The van der Waals surface area contributed by atoms with Gasteiger partial charge in [-0.2, -0.15) is 0 Å². The van der Waals surface area contributed by atoms with E-state index in [0.717, 1.165) is 25.9 Å². The highest BCUT2D eigenvalue weighted by Gasteiger charge is 2.29. The Labute approximate surface area is 160 Å². The molecule has 2 heterocycles. The molecule has 1 aromatic rings. The molecular formula is C16H21N3O5S2. The van der Waals surface area contributed by atoms with E-state index in [-0.39, 0.29) is 35.1 Å². The van der Waals surface area contributed by atoms with E-state index in [1.54, 1.807) is 6.92 Å². The van der Waals surface area contributed by atoms with Crippen molar-refractivity contribution in [2.45, 2.75) is 26.7 Å². The Morgan fingerprint density at radius 1 is 1.31 bits per heavy atom. The van der Waals surface area contributed by atoms with Crippen molar-refractivity contribution in [1.29, 1.82) is 0 Å². The van der Waals surface area contributed by atoms with E-state index < -0.39 is 17.8 Å². The first-order valence-corrected chi connectivity index (χ1v) is 9.56. The highest BCUT2D eigenvalue weighted by molar-refractivity contribution is 8.23. The summed E-state index contributed by atoms with van der Waals surface area (Å²) >= 11 is 6.54. The third-order valence-corrected chi connectivity index (χ3v) is 5.28. The van der Waals surface area contributed by atoms with Gasteiger partial charge in [-0.05, 0) is 26.7 Å². The lowest BCUT2D eigenvalue weighted by molar-refractivity contribution is -0.113. The monoisotopic (exact) mass is 399 g/mol. The first-order valence-electron chi connectivity index (χ1n) is 8.17. The maximum Gasteiger partial charge on any atom is 0.342 e. The van der Waals surface area contributed by atoms with E-state index in [4.69, 9.17) is 27.1 Å². The molecule has 1 aromatic heterocycles. The Hall–Kier alpha value is -2.07. The van der Waals surface area contributed by atoms with Crippen LogP contribution in [0.15, 0.2) is 4.42 Å². The second-order valence-corrected chi connectivity index (χ2v) is 7.23. The molecule has 1 aliphatic rings. The molecule has 2 rings (SSSR count). The standard InChI is InChI=1S/C16H21N3O5S2/c1-3-23-15(22)11-9(2)24-14(12(11)13(17)21)18-10(20)8-26-16(25)19-6-4-5-7-19/h3-8H2,1-2H3,(H2,17,21)(H,18,20). The molecular weight excluding hydrogens is 378 g/mol. The van der Waals surface area contributed by atoms with Crippen LogP contribution in [0.3, 0.4) is 0 Å². The van der Waals surface area contributed by atoms with Gasteiger partial charge in [0.05, 0.1) is 12.4 Å². The highest BCUT2D eigenvalue weighted by atomic mass is 32.2. The number of nitrogens with zero attached hydrogens (tertiary/aromatic N) is 1. The van der Waals surface area contributed by atoms with Gasteiger partial charge in [0, 0.05) is 13.1 Å². The van der Waals surface area contributed by atoms with Gasteiger partial charge in [-0.25, -0.2) is 4.79 Å². The maximum atomic E-state index is 12.2. The second kappa shape index (κ2) is 9.04. The van der Waals surface area contributed by atoms with Crippen LogP contribution >= 0.6 is 24.0 Å². The minimum atomic E-state index is -0.888. The number of likely N-dealkylation sites (tertiary alicyclic amines) is 1. The number of amides is 2. The molecule has 0 saturated carbocycles. The van der Waals surface area contributed by atoms with Crippen LogP contribution in [-0.2, 0) is 9.53 Å². The molecule has 2 amide bonds. The number of aryl methyl sites for hydroxylation is 1. The van der Waals surface area contributed by atoms with Crippen molar-refractivity contribution in [3.05, 3.63) is 16.9 Å². The van der Waals surface area contributed by atoms with Crippen molar-refractivity contribution in [2.24, 2.45) is 5.73 Å². The molecule has 0 radical (unpaired) electrons.